The Labute approximate surface area is 81.0 Å². The van der Waals surface area contributed by atoms with E-state index < -0.39 is 0 Å². The molecule has 0 unspecified atom stereocenters. The van der Waals surface area contributed by atoms with Crippen LogP contribution >= 0.6 is 0 Å². The summed E-state index contributed by atoms with van der Waals surface area (Å²) >= 11 is 0. The molecule has 1 heterocycles. The molecule has 0 bridgehead atoms. The van der Waals surface area contributed by atoms with Crippen LogP contribution in [0.25, 0.3) is 0 Å². The predicted octanol–water partition coefficient (Wildman–Crippen LogP) is 3.16. The van der Waals surface area contributed by atoms with E-state index in [9.17, 15) is 0 Å². The van der Waals surface area contributed by atoms with Crippen LogP contribution in [0.4, 0.5) is 0 Å². The highest BCUT2D eigenvalue weighted by Gasteiger charge is 1.93. The van der Waals surface area contributed by atoms with Gasteiger partial charge in [0.15, 0.2) is 0 Å². The Morgan fingerprint density at radius 1 is 1.23 bits per heavy atom. The molecule has 13 heavy (non-hydrogen) atoms. The number of aromatic nitrogens is 2. The summed E-state index contributed by atoms with van der Waals surface area (Å²) in [5.41, 5.74) is 1.26. The second-order valence-corrected chi connectivity index (χ2v) is 3.69. The first kappa shape index (κ1) is 10.3. The molecule has 1 aromatic rings. The van der Waals surface area contributed by atoms with Gasteiger partial charge in [0.05, 0.1) is 6.20 Å². The number of rotatable bonds is 6. The zero-order valence-electron chi connectivity index (χ0n) is 8.79. The first-order chi connectivity index (χ1) is 6.33. The van der Waals surface area contributed by atoms with Crippen molar-refractivity contribution >= 4 is 0 Å². The van der Waals surface area contributed by atoms with Gasteiger partial charge in [0.1, 0.15) is 0 Å². The quantitative estimate of drug-likeness (QED) is 0.615. The van der Waals surface area contributed by atoms with Crippen molar-refractivity contribution in [1.29, 1.82) is 0 Å². The predicted molar refractivity (Wildman–Crippen MR) is 55.7 cm³/mol. The summed E-state index contributed by atoms with van der Waals surface area (Å²) < 4.78 is 2.04. The molecule has 0 spiro atoms. The second kappa shape index (κ2) is 5.79. The van der Waals surface area contributed by atoms with Crippen LogP contribution in [0.2, 0.25) is 0 Å². The van der Waals surface area contributed by atoms with Crippen molar-refractivity contribution in [2.75, 3.05) is 0 Å². The first-order valence-corrected chi connectivity index (χ1v) is 5.32. The standard InChI is InChI=1S/C11H20N2/c1-3-4-5-6-7-8-13-10-11(2)9-12-13/h9-10H,3-8H2,1-2H3. The molecule has 0 aliphatic carbocycles. The molecular weight excluding hydrogens is 160 g/mol. The van der Waals surface area contributed by atoms with E-state index in [0.717, 1.165) is 6.54 Å². The fraction of sp³-hybridized carbons (Fsp3) is 0.727. The summed E-state index contributed by atoms with van der Waals surface area (Å²) in [6, 6.07) is 0. The zero-order chi connectivity index (χ0) is 9.52. The first-order valence-electron chi connectivity index (χ1n) is 5.32. The summed E-state index contributed by atoms with van der Waals surface area (Å²) in [4.78, 5) is 0. The number of nitrogens with zero attached hydrogens (tertiary/aromatic N) is 2. The largest absolute Gasteiger partial charge is 0.272 e. The molecule has 2 nitrogen and oxygen atoms in total. The van der Waals surface area contributed by atoms with Gasteiger partial charge in [-0.25, -0.2) is 0 Å². The van der Waals surface area contributed by atoms with Gasteiger partial charge in [-0.1, -0.05) is 32.6 Å². The number of unbranched alkanes of at least 4 members (excludes halogenated alkanes) is 4. The van der Waals surface area contributed by atoms with Crippen molar-refractivity contribution in [1.82, 2.24) is 9.78 Å². The van der Waals surface area contributed by atoms with Crippen molar-refractivity contribution in [3.8, 4) is 0 Å². The van der Waals surface area contributed by atoms with E-state index in [1.807, 2.05) is 10.9 Å². The average Bonchev–Trinajstić information content (AvgIpc) is 2.51. The molecule has 0 atom stereocenters. The van der Waals surface area contributed by atoms with Gasteiger partial charge in [-0.05, 0) is 18.9 Å². The Morgan fingerprint density at radius 3 is 2.62 bits per heavy atom. The Hall–Kier alpha value is -0.790. The molecule has 0 amide bonds. The number of hydrogen-bond acceptors (Lipinski definition) is 1. The lowest BCUT2D eigenvalue weighted by Crippen LogP contribution is -1.97. The summed E-state index contributed by atoms with van der Waals surface area (Å²) in [6.07, 6.45) is 10.7. The lowest BCUT2D eigenvalue weighted by Gasteiger charge is -2.00. The third kappa shape index (κ3) is 4.11. The van der Waals surface area contributed by atoms with Crippen LogP contribution in [0.1, 0.15) is 44.6 Å². The molecule has 1 aromatic heterocycles. The van der Waals surface area contributed by atoms with Crippen molar-refractivity contribution in [3.63, 3.8) is 0 Å². The maximum Gasteiger partial charge on any atom is 0.0518 e. The van der Waals surface area contributed by atoms with Gasteiger partial charge in [0.25, 0.3) is 0 Å². The Bertz CT molecular complexity index is 228. The van der Waals surface area contributed by atoms with Gasteiger partial charge in [0.2, 0.25) is 0 Å². The average molecular weight is 180 g/mol. The smallest absolute Gasteiger partial charge is 0.0518 e. The van der Waals surface area contributed by atoms with Crippen molar-refractivity contribution < 1.29 is 0 Å². The van der Waals surface area contributed by atoms with Crippen molar-refractivity contribution in [2.24, 2.45) is 0 Å². The van der Waals surface area contributed by atoms with Gasteiger partial charge in [0, 0.05) is 12.7 Å². The fourth-order valence-corrected chi connectivity index (χ4v) is 1.47. The van der Waals surface area contributed by atoms with E-state index >= 15 is 0 Å². The number of aryl methyl sites for hydroxylation is 2. The maximum absolute atomic E-state index is 4.25. The van der Waals surface area contributed by atoms with Crippen LogP contribution < -0.4 is 0 Å². The van der Waals surface area contributed by atoms with Crippen LogP contribution in [0.15, 0.2) is 12.4 Å². The molecule has 2 heteroatoms. The van der Waals surface area contributed by atoms with Gasteiger partial charge in [-0.3, -0.25) is 4.68 Å². The SMILES string of the molecule is CCCCCCCn1cc(C)cn1. The molecule has 0 aliphatic rings. The Kier molecular flexibility index (Phi) is 4.58. The summed E-state index contributed by atoms with van der Waals surface area (Å²) in [7, 11) is 0. The van der Waals surface area contributed by atoms with E-state index in [2.05, 4.69) is 25.1 Å². The summed E-state index contributed by atoms with van der Waals surface area (Å²) in [5, 5.41) is 4.25. The lowest BCUT2D eigenvalue weighted by atomic mass is 10.1. The normalized spacial score (nSPS) is 10.6. The maximum atomic E-state index is 4.25. The molecule has 0 radical (unpaired) electrons. The van der Waals surface area contributed by atoms with Gasteiger partial charge in [-0.2, -0.15) is 5.10 Å². The highest BCUT2D eigenvalue weighted by molar-refractivity contribution is 4.99. The molecule has 0 fully saturated rings. The molecular formula is C11H20N2. The van der Waals surface area contributed by atoms with E-state index in [0.29, 0.717) is 0 Å². The molecule has 0 saturated carbocycles. The van der Waals surface area contributed by atoms with Gasteiger partial charge >= 0.3 is 0 Å². The van der Waals surface area contributed by atoms with Gasteiger partial charge in [-0.15, -0.1) is 0 Å². The topological polar surface area (TPSA) is 17.8 Å². The van der Waals surface area contributed by atoms with Gasteiger partial charge < -0.3 is 0 Å². The minimum atomic E-state index is 1.08. The molecule has 0 N–H and O–H groups in total. The molecule has 1 rings (SSSR count). The second-order valence-electron chi connectivity index (χ2n) is 3.69. The monoisotopic (exact) mass is 180 g/mol. The van der Waals surface area contributed by atoms with Crippen LogP contribution in [-0.2, 0) is 6.54 Å². The van der Waals surface area contributed by atoms with E-state index in [1.54, 1.807) is 0 Å². The van der Waals surface area contributed by atoms with Crippen LogP contribution in [0.3, 0.4) is 0 Å². The van der Waals surface area contributed by atoms with Crippen LogP contribution in [-0.4, -0.2) is 9.78 Å². The summed E-state index contributed by atoms with van der Waals surface area (Å²) in [5.74, 6) is 0. The third-order valence-electron chi connectivity index (χ3n) is 2.25. The minimum Gasteiger partial charge on any atom is -0.272 e. The minimum absolute atomic E-state index is 1.08. The molecule has 0 aromatic carbocycles. The third-order valence-corrected chi connectivity index (χ3v) is 2.25. The molecule has 74 valence electrons. The van der Waals surface area contributed by atoms with Crippen LogP contribution in [0, 0.1) is 6.92 Å². The molecule has 0 saturated heterocycles. The highest BCUT2D eigenvalue weighted by atomic mass is 15.3. The Balaban J connectivity index is 2.06. The van der Waals surface area contributed by atoms with E-state index in [4.69, 9.17) is 0 Å². The van der Waals surface area contributed by atoms with Crippen molar-refractivity contribution in [2.45, 2.75) is 52.5 Å². The molecule has 0 aliphatic heterocycles. The number of hydrogen-bond donors (Lipinski definition) is 0. The Morgan fingerprint density at radius 2 is 2.00 bits per heavy atom. The van der Waals surface area contributed by atoms with E-state index in [-0.39, 0.29) is 0 Å². The summed E-state index contributed by atoms with van der Waals surface area (Å²) in [6.45, 7) is 5.41. The highest BCUT2D eigenvalue weighted by Crippen LogP contribution is 2.04. The zero-order valence-corrected chi connectivity index (χ0v) is 8.79. The lowest BCUT2D eigenvalue weighted by molar-refractivity contribution is 0.533. The van der Waals surface area contributed by atoms with Crippen molar-refractivity contribution in [3.05, 3.63) is 18.0 Å². The van der Waals surface area contributed by atoms with Crippen LogP contribution in [0.5, 0.6) is 0 Å². The fourth-order valence-electron chi connectivity index (χ4n) is 1.47. The van der Waals surface area contributed by atoms with E-state index in [1.165, 1.54) is 37.7 Å².